The Labute approximate surface area is 131 Å². The van der Waals surface area contributed by atoms with E-state index in [0.717, 1.165) is 23.0 Å². The molecule has 1 amide bonds. The van der Waals surface area contributed by atoms with Gasteiger partial charge in [0.2, 0.25) is 5.91 Å². The summed E-state index contributed by atoms with van der Waals surface area (Å²) in [6, 6.07) is 12.3. The molecule has 3 heteroatoms. The molecule has 1 aliphatic carbocycles. The molecule has 0 saturated heterocycles. The summed E-state index contributed by atoms with van der Waals surface area (Å²) >= 11 is 0. The van der Waals surface area contributed by atoms with Crippen LogP contribution in [0.15, 0.2) is 40.8 Å². The Morgan fingerprint density at radius 3 is 2.86 bits per heavy atom. The van der Waals surface area contributed by atoms with Crippen LogP contribution in [0.4, 0.5) is 0 Å². The fraction of sp³-hybridized carbons (Fsp3) is 0.421. The van der Waals surface area contributed by atoms with Gasteiger partial charge < -0.3 is 9.73 Å². The lowest BCUT2D eigenvalue weighted by Crippen LogP contribution is -2.22. The number of hydrogen-bond acceptors (Lipinski definition) is 2. The highest BCUT2D eigenvalue weighted by atomic mass is 16.3. The van der Waals surface area contributed by atoms with Crippen molar-refractivity contribution in [1.82, 2.24) is 5.32 Å². The number of amides is 1. The molecule has 0 bridgehead atoms. The second-order valence-electron chi connectivity index (χ2n) is 6.39. The van der Waals surface area contributed by atoms with Crippen LogP contribution in [0.2, 0.25) is 0 Å². The molecule has 0 aliphatic heterocycles. The van der Waals surface area contributed by atoms with Crippen LogP contribution < -0.4 is 5.32 Å². The molecular formula is C19H23NO2. The molecular weight excluding hydrogens is 274 g/mol. The van der Waals surface area contributed by atoms with E-state index in [2.05, 4.69) is 37.4 Å². The van der Waals surface area contributed by atoms with Crippen LogP contribution in [0.3, 0.4) is 0 Å². The van der Waals surface area contributed by atoms with Gasteiger partial charge in [-0.3, -0.25) is 4.79 Å². The minimum absolute atomic E-state index is 0.0687. The molecule has 1 fully saturated rings. The first-order valence-electron chi connectivity index (χ1n) is 8.02. The monoisotopic (exact) mass is 297 g/mol. The number of benzene rings is 1. The fourth-order valence-corrected chi connectivity index (χ4v) is 2.79. The first-order valence-corrected chi connectivity index (χ1v) is 8.02. The molecule has 1 aromatic heterocycles. The van der Waals surface area contributed by atoms with Crippen LogP contribution in [-0.4, -0.2) is 5.91 Å². The Bertz CT molecular complexity index is 659. The predicted octanol–water partition coefficient (Wildman–Crippen LogP) is 3.96. The van der Waals surface area contributed by atoms with E-state index >= 15 is 0 Å². The van der Waals surface area contributed by atoms with E-state index in [-0.39, 0.29) is 5.91 Å². The van der Waals surface area contributed by atoms with E-state index < -0.39 is 0 Å². The van der Waals surface area contributed by atoms with Crippen LogP contribution in [-0.2, 0) is 17.8 Å². The molecule has 1 aromatic carbocycles. The molecule has 3 nitrogen and oxygen atoms in total. The average molecular weight is 297 g/mol. The van der Waals surface area contributed by atoms with Gasteiger partial charge >= 0.3 is 0 Å². The topological polar surface area (TPSA) is 42.2 Å². The summed E-state index contributed by atoms with van der Waals surface area (Å²) in [5.41, 5.74) is 2.35. The normalized spacial score (nSPS) is 19.9. The number of furan rings is 1. The Balaban J connectivity index is 1.43. The number of carbonyl (C=O) groups excluding carboxylic acids is 1. The maximum atomic E-state index is 11.9. The van der Waals surface area contributed by atoms with Crippen molar-refractivity contribution >= 4 is 5.91 Å². The van der Waals surface area contributed by atoms with Crippen LogP contribution in [0, 0.1) is 12.8 Å². The predicted molar refractivity (Wildman–Crippen MR) is 86.6 cm³/mol. The number of carbonyl (C=O) groups is 1. The zero-order valence-corrected chi connectivity index (χ0v) is 13.3. The minimum atomic E-state index is 0.0687. The van der Waals surface area contributed by atoms with Gasteiger partial charge in [0.15, 0.2) is 0 Å². The molecule has 1 saturated carbocycles. The Hall–Kier alpha value is -2.03. The lowest BCUT2D eigenvalue weighted by molar-refractivity contribution is -0.121. The molecule has 1 heterocycles. The first-order chi connectivity index (χ1) is 10.6. The third-order valence-corrected chi connectivity index (χ3v) is 4.33. The fourth-order valence-electron chi connectivity index (χ4n) is 2.79. The maximum Gasteiger partial charge on any atom is 0.220 e. The quantitative estimate of drug-likeness (QED) is 0.877. The molecule has 0 radical (unpaired) electrons. The van der Waals surface area contributed by atoms with Crippen molar-refractivity contribution in [3.8, 4) is 0 Å². The highest BCUT2D eigenvalue weighted by Crippen LogP contribution is 2.47. The third-order valence-electron chi connectivity index (χ3n) is 4.33. The van der Waals surface area contributed by atoms with Gasteiger partial charge in [-0.25, -0.2) is 0 Å². The molecule has 1 aliphatic rings. The van der Waals surface area contributed by atoms with Gasteiger partial charge in [0.1, 0.15) is 11.5 Å². The van der Waals surface area contributed by atoms with E-state index in [1.54, 1.807) is 0 Å². The largest absolute Gasteiger partial charge is 0.466 e. The second-order valence-corrected chi connectivity index (χ2v) is 6.39. The standard InChI is InChI=1S/C19H23NO2/c1-13-4-3-5-15(10-13)12-20-19(21)9-7-16-6-8-18(22-16)17-11-14(17)2/h3-6,8,10,14,17H,7,9,11-12H2,1-2H3,(H,20,21)/t14-,17+/m0/s1. The van der Waals surface area contributed by atoms with Crippen molar-refractivity contribution < 1.29 is 9.21 Å². The van der Waals surface area contributed by atoms with Gasteiger partial charge in [-0.2, -0.15) is 0 Å². The summed E-state index contributed by atoms with van der Waals surface area (Å²) in [5.74, 6) is 3.42. The smallest absolute Gasteiger partial charge is 0.220 e. The lowest BCUT2D eigenvalue weighted by Gasteiger charge is -2.05. The van der Waals surface area contributed by atoms with Crippen molar-refractivity contribution in [3.05, 3.63) is 59.0 Å². The van der Waals surface area contributed by atoms with Crippen LogP contribution in [0.5, 0.6) is 0 Å². The number of rotatable bonds is 6. The molecule has 0 unspecified atom stereocenters. The Kier molecular flexibility index (Phi) is 4.32. The summed E-state index contributed by atoms with van der Waals surface area (Å²) in [6.07, 6.45) is 2.36. The minimum Gasteiger partial charge on any atom is -0.466 e. The summed E-state index contributed by atoms with van der Waals surface area (Å²) in [6.45, 7) is 4.88. The van der Waals surface area contributed by atoms with E-state index in [1.165, 1.54) is 12.0 Å². The zero-order valence-electron chi connectivity index (χ0n) is 13.3. The number of nitrogens with one attached hydrogen (secondary N) is 1. The van der Waals surface area contributed by atoms with E-state index in [9.17, 15) is 4.79 Å². The van der Waals surface area contributed by atoms with Crippen LogP contribution in [0.1, 0.15) is 48.3 Å². The first kappa shape index (κ1) is 14.9. The second kappa shape index (κ2) is 6.39. The Morgan fingerprint density at radius 1 is 1.32 bits per heavy atom. The van der Waals surface area contributed by atoms with Crippen molar-refractivity contribution in [2.75, 3.05) is 0 Å². The average Bonchev–Trinajstić information content (AvgIpc) is 3.05. The van der Waals surface area contributed by atoms with Gasteiger partial charge in [0, 0.05) is 25.3 Å². The summed E-state index contributed by atoms with van der Waals surface area (Å²) in [7, 11) is 0. The van der Waals surface area contributed by atoms with Gasteiger partial charge in [0.05, 0.1) is 0 Å². The number of hydrogen-bond donors (Lipinski definition) is 1. The van der Waals surface area contributed by atoms with Crippen molar-refractivity contribution in [1.29, 1.82) is 0 Å². The summed E-state index contributed by atoms with van der Waals surface area (Å²) < 4.78 is 5.83. The lowest BCUT2D eigenvalue weighted by atomic mass is 10.1. The third kappa shape index (κ3) is 3.79. The molecule has 2 atom stereocenters. The number of aryl methyl sites for hydroxylation is 2. The molecule has 3 rings (SSSR count). The molecule has 22 heavy (non-hydrogen) atoms. The van der Waals surface area contributed by atoms with Crippen LogP contribution in [0.25, 0.3) is 0 Å². The van der Waals surface area contributed by atoms with Crippen molar-refractivity contribution in [2.24, 2.45) is 5.92 Å². The SMILES string of the molecule is Cc1cccc(CNC(=O)CCc2ccc([C@@H]3C[C@@H]3C)o2)c1. The van der Waals surface area contributed by atoms with Crippen molar-refractivity contribution in [2.45, 2.75) is 45.6 Å². The highest BCUT2D eigenvalue weighted by molar-refractivity contribution is 5.76. The zero-order chi connectivity index (χ0) is 15.5. The molecule has 2 aromatic rings. The van der Waals surface area contributed by atoms with E-state index in [4.69, 9.17) is 4.42 Å². The van der Waals surface area contributed by atoms with Gasteiger partial charge in [-0.1, -0.05) is 36.8 Å². The molecule has 0 spiro atoms. The van der Waals surface area contributed by atoms with Gasteiger partial charge in [-0.15, -0.1) is 0 Å². The molecule has 1 N–H and O–H groups in total. The molecule has 116 valence electrons. The van der Waals surface area contributed by atoms with Crippen LogP contribution >= 0.6 is 0 Å². The van der Waals surface area contributed by atoms with E-state index in [0.29, 0.717) is 25.3 Å². The highest BCUT2D eigenvalue weighted by Gasteiger charge is 2.36. The van der Waals surface area contributed by atoms with E-state index in [1.807, 2.05) is 18.2 Å². The summed E-state index contributed by atoms with van der Waals surface area (Å²) in [5, 5.41) is 2.96. The maximum absolute atomic E-state index is 11.9. The van der Waals surface area contributed by atoms with Crippen molar-refractivity contribution in [3.63, 3.8) is 0 Å². The Morgan fingerprint density at radius 2 is 2.14 bits per heavy atom. The van der Waals surface area contributed by atoms with Gasteiger partial charge in [-0.05, 0) is 37.0 Å². The van der Waals surface area contributed by atoms with Gasteiger partial charge in [0.25, 0.3) is 0 Å². The summed E-state index contributed by atoms with van der Waals surface area (Å²) in [4.78, 5) is 11.9.